The van der Waals surface area contributed by atoms with Gasteiger partial charge in [-0.2, -0.15) is 0 Å². The number of rotatable bonds is 7. The number of carbonyl (C=O) groups excluding carboxylic acids is 1. The van der Waals surface area contributed by atoms with E-state index in [0.717, 1.165) is 19.4 Å². The minimum atomic E-state index is 0.130. The van der Waals surface area contributed by atoms with Crippen molar-refractivity contribution in [3.63, 3.8) is 0 Å². The van der Waals surface area contributed by atoms with Crippen LogP contribution < -0.4 is 5.73 Å². The van der Waals surface area contributed by atoms with Crippen LogP contribution in [0.25, 0.3) is 0 Å². The number of hydrogen-bond donors (Lipinski definition) is 1. The van der Waals surface area contributed by atoms with E-state index in [4.69, 9.17) is 10.5 Å². The molecule has 0 saturated heterocycles. The van der Waals surface area contributed by atoms with E-state index in [0.29, 0.717) is 13.0 Å². The summed E-state index contributed by atoms with van der Waals surface area (Å²) in [5.41, 5.74) is 5.47. The van der Waals surface area contributed by atoms with Crippen LogP contribution in [-0.4, -0.2) is 44.2 Å². The summed E-state index contributed by atoms with van der Waals surface area (Å²) in [6.07, 6.45) is 2.41. The maximum absolute atomic E-state index is 11.5. The predicted molar refractivity (Wildman–Crippen MR) is 57.0 cm³/mol. The van der Waals surface area contributed by atoms with E-state index in [1.54, 1.807) is 19.1 Å². The standard InChI is InChI=1S/C10H22N2O2/c1-9(8-11)12(2)10(13)6-4-5-7-14-3/h9H,4-8,11H2,1-3H3. The second-order valence-corrected chi connectivity index (χ2v) is 3.54. The van der Waals surface area contributed by atoms with Gasteiger partial charge in [-0.3, -0.25) is 4.79 Å². The van der Waals surface area contributed by atoms with Crippen molar-refractivity contribution in [3.05, 3.63) is 0 Å². The molecule has 4 nitrogen and oxygen atoms in total. The second-order valence-electron chi connectivity index (χ2n) is 3.54. The van der Waals surface area contributed by atoms with Crippen LogP contribution in [0.5, 0.6) is 0 Å². The van der Waals surface area contributed by atoms with E-state index in [1.165, 1.54) is 0 Å². The van der Waals surface area contributed by atoms with Gasteiger partial charge < -0.3 is 15.4 Å². The molecule has 2 N–H and O–H groups in total. The molecular formula is C10H22N2O2. The molecule has 0 aromatic rings. The van der Waals surface area contributed by atoms with Gasteiger partial charge in [0.05, 0.1) is 0 Å². The number of nitrogens with two attached hydrogens (primary N) is 1. The predicted octanol–water partition coefficient (Wildman–Crippen LogP) is 0.609. The van der Waals surface area contributed by atoms with E-state index in [2.05, 4.69) is 0 Å². The SMILES string of the molecule is COCCCCC(=O)N(C)C(C)CN. The van der Waals surface area contributed by atoms with Crippen molar-refractivity contribution in [3.8, 4) is 0 Å². The smallest absolute Gasteiger partial charge is 0.222 e. The Bertz CT molecular complexity index is 162. The first kappa shape index (κ1) is 13.4. The van der Waals surface area contributed by atoms with E-state index in [-0.39, 0.29) is 11.9 Å². The molecule has 0 saturated carbocycles. The van der Waals surface area contributed by atoms with Crippen molar-refractivity contribution < 1.29 is 9.53 Å². The Morgan fingerprint density at radius 2 is 2.14 bits per heavy atom. The lowest BCUT2D eigenvalue weighted by molar-refractivity contribution is -0.131. The maximum Gasteiger partial charge on any atom is 0.222 e. The highest BCUT2D eigenvalue weighted by atomic mass is 16.5. The third kappa shape index (κ3) is 5.19. The van der Waals surface area contributed by atoms with Gasteiger partial charge in [-0.1, -0.05) is 0 Å². The van der Waals surface area contributed by atoms with Crippen LogP contribution in [-0.2, 0) is 9.53 Å². The summed E-state index contributed by atoms with van der Waals surface area (Å²) in [5.74, 6) is 0.166. The van der Waals surface area contributed by atoms with Crippen molar-refractivity contribution in [1.82, 2.24) is 4.90 Å². The summed E-state index contributed by atoms with van der Waals surface area (Å²) >= 11 is 0. The minimum absolute atomic E-state index is 0.130. The summed E-state index contributed by atoms with van der Waals surface area (Å²) in [7, 11) is 3.47. The molecule has 0 fully saturated rings. The van der Waals surface area contributed by atoms with E-state index >= 15 is 0 Å². The fourth-order valence-electron chi connectivity index (χ4n) is 1.10. The Morgan fingerprint density at radius 3 is 2.64 bits per heavy atom. The van der Waals surface area contributed by atoms with Gasteiger partial charge in [-0.15, -0.1) is 0 Å². The van der Waals surface area contributed by atoms with Crippen LogP contribution in [0.2, 0.25) is 0 Å². The number of unbranched alkanes of at least 4 members (excludes halogenated alkanes) is 1. The highest BCUT2D eigenvalue weighted by molar-refractivity contribution is 5.76. The van der Waals surface area contributed by atoms with Crippen LogP contribution in [0.3, 0.4) is 0 Å². The Kier molecular flexibility index (Phi) is 7.42. The van der Waals surface area contributed by atoms with Crippen molar-refractivity contribution in [2.45, 2.75) is 32.2 Å². The van der Waals surface area contributed by atoms with Gasteiger partial charge in [0.2, 0.25) is 5.91 Å². The van der Waals surface area contributed by atoms with Gasteiger partial charge in [-0.25, -0.2) is 0 Å². The first-order valence-corrected chi connectivity index (χ1v) is 5.08. The molecule has 0 aliphatic carbocycles. The topological polar surface area (TPSA) is 55.6 Å². The maximum atomic E-state index is 11.5. The fraction of sp³-hybridized carbons (Fsp3) is 0.900. The molecule has 0 aromatic carbocycles. The summed E-state index contributed by atoms with van der Waals surface area (Å²) in [4.78, 5) is 13.3. The Labute approximate surface area is 86.4 Å². The van der Waals surface area contributed by atoms with Crippen molar-refractivity contribution in [2.75, 3.05) is 27.3 Å². The monoisotopic (exact) mass is 202 g/mol. The van der Waals surface area contributed by atoms with Crippen molar-refractivity contribution in [2.24, 2.45) is 5.73 Å². The number of hydrogen-bond acceptors (Lipinski definition) is 3. The van der Waals surface area contributed by atoms with Gasteiger partial charge in [-0.05, 0) is 19.8 Å². The molecular weight excluding hydrogens is 180 g/mol. The van der Waals surface area contributed by atoms with Gasteiger partial charge in [0, 0.05) is 39.8 Å². The summed E-state index contributed by atoms with van der Waals surface area (Å²) in [5, 5.41) is 0. The summed E-state index contributed by atoms with van der Waals surface area (Å²) < 4.78 is 4.91. The first-order chi connectivity index (χ1) is 6.63. The number of ether oxygens (including phenoxy) is 1. The zero-order chi connectivity index (χ0) is 11.0. The van der Waals surface area contributed by atoms with Gasteiger partial charge in [0.25, 0.3) is 0 Å². The minimum Gasteiger partial charge on any atom is -0.385 e. The lowest BCUT2D eigenvalue weighted by atomic mass is 10.2. The summed E-state index contributed by atoms with van der Waals surface area (Å²) in [6, 6.07) is 0.130. The number of methoxy groups -OCH3 is 1. The Morgan fingerprint density at radius 1 is 1.50 bits per heavy atom. The molecule has 84 valence electrons. The van der Waals surface area contributed by atoms with Crippen LogP contribution in [0.15, 0.2) is 0 Å². The molecule has 1 atom stereocenters. The Balaban J connectivity index is 3.62. The highest BCUT2D eigenvalue weighted by Crippen LogP contribution is 2.02. The van der Waals surface area contributed by atoms with Gasteiger partial charge in [0.1, 0.15) is 0 Å². The Hall–Kier alpha value is -0.610. The van der Waals surface area contributed by atoms with E-state index in [1.807, 2.05) is 6.92 Å². The molecule has 1 unspecified atom stereocenters. The molecule has 0 radical (unpaired) electrons. The molecule has 0 bridgehead atoms. The van der Waals surface area contributed by atoms with Crippen LogP contribution in [0, 0.1) is 0 Å². The molecule has 4 heteroatoms. The molecule has 1 amide bonds. The first-order valence-electron chi connectivity index (χ1n) is 5.08. The average molecular weight is 202 g/mol. The van der Waals surface area contributed by atoms with Gasteiger partial charge >= 0.3 is 0 Å². The second kappa shape index (κ2) is 7.76. The van der Waals surface area contributed by atoms with Crippen LogP contribution in [0.4, 0.5) is 0 Å². The zero-order valence-electron chi connectivity index (χ0n) is 9.45. The van der Waals surface area contributed by atoms with E-state index < -0.39 is 0 Å². The molecule has 14 heavy (non-hydrogen) atoms. The zero-order valence-corrected chi connectivity index (χ0v) is 9.45. The molecule has 0 rings (SSSR count). The summed E-state index contributed by atoms with van der Waals surface area (Å²) in [6.45, 7) is 3.19. The van der Waals surface area contributed by atoms with Crippen molar-refractivity contribution in [1.29, 1.82) is 0 Å². The normalized spacial score (nSPS) is 12.6. The van der Waals surface area contributed by atoms with E-state index in [9.17, 15) is 4.79 Å². The third-order valence-electron chi connectivity index (χ3n) is 2.38. The molecule has 0 aliphatic heterocycles. The molecule has 0 heterocycles. The molecule has 0 aliphatic rings. The molecule has 0 spiro atoms. The van der Waals surface area contributed by atoms with Crippen molar-refractivity contribution >= 4 is 5.91 Å². The van der Waals surface area contributed by atoms with Crippen LogP contribution >= 0.6 is 0 Å². The lowest BCUT2D eigenvalue weighted by Crippen LogP contribution is -2.39. The third-order valence-corrected chi connectivity index (χ3v) is 2.38. The van der Waals surface area contributed by atoms with Crippen LogP contribution in [0.1, 0.15) is 26.2 Å². The van der Waals surface area contributed by atoms with Gasteiger partial charge in [0.15, 0.2) is 0 Å². The average Bonchev–Trinajstić information content (AvgIpc) is 2.21. The quantitative estimate of drug-likeness (QED) is 0.615. The number of nitrogens with zero attached hydrogens (tertiary/aromatic N) is 1. The lowest BCUT2D eigenvalue weighted by Gasteiger charge is -2.23. The number of carbonyl (C=O) groups is 1. The molecule has 0 aromatic heterocycles. The number of likely N-dealkylation sites (N-methyl/N-ethyl adjacent to an activating group) is 1. The number of amides is 1. The fourth-order valence-corrected chi connectivity index (χ4v) is 1.10. The largest absolute Gasteiger partial charge is 0.385 e. The highest BCUT2D eigenvalue weighted by Gasteiger charge is 2.13.